The topological polar surface area (TPSA) is 38.6 Å². The highest BCUT2D eigenvalue weighted by Crippen LogP contribution is 2.08. The minimum Gasteiger partial charge on any atom is -0.383 e. The molecule has 0 radical (unpaired) electrons. The second kappa shape index (κ2) is 5.09. The smallest absolute Gasteiger partial charge is 0.137 e. The van der Waals surface area contributed by atoms with Gasteiger partial charge in [0.2, 0.25) is 0 Å². The molecule has 0 unspecified atom stereocenters. The first-order valence-electron chi connectivity index (χ1n) is 5.43. The SMILES string of the molecule is COCCNCc1cnc2cc(C)ccn12. The predicted octanol–water partition coefficient (Wildman–Crippen LogP) is 1.38. The molecule has 4 heteroatoms. The number of aromatic nitrogens is 2. The van der Waals surface area contributed by atoms with Crippen LogP contribution in [0.2, 0.25) is 0 Å². The van der Waals surface area contributed by atoms with E-state index in [4.69, 9.17) is 4.74 Å². The molecule has 0 aliphatic rings. The Labute approximate surface area is 95.3 Å². The van der Waals surface area contributed by atoms with Crippen LogP contribution in [-0.4, -0.2) is 29.6 Å². The molecule has 0 aliphatic carbocycles. The van der Waals surface area contributed by atoms with Gasteiger partial charge in [-0.1, -0.05) is 0 Å². The van der Waals surface area contributed by atoms with E-state index in [0.717, 1.165) is 25.3 Å². The summed E-state index contributed by atoms with van der Waals surface area (Å²) in [5, 5.41) is 3.31. The third-order valence-electron chi connectivity index (χ3n) is 2.53. The van der Waals surface area contributed by atoms with Crippen LogP contribution in [0.4, 0.5) is 0 Å². The van der Waals surface area contributed by atoms with Crippen molar-refractivity contribution in [1.82, 2.24) is 14.7 Å². The van der Waals surface area contributed by atoms with E-state index in [1.54, 1.807) is 7.11 Å². The molecule has 0 fully saturated rings. The number of ether oxygens (including phenoxy) is 1. The molecule has 0 saturated heterocycles. The Bertz CT molecular complexity index is 464. The number of rotatable bonds is 5. The molecule has 0 amide bonds. The summed E-state index contributed by atoms with van der Waals surface area (Å²) in [6, 6.07) is 4.17. The molecule has 2 aromatic rings. The molecular weight excluding hydrogens is 202 g/mol. The van der Waals surface area contributed by atoms with Gasteiger partial charge >= 0.3 is 0 Å². The molecule has 0 saturated carbocycles. The summed E-state index contributed by atoms with van der Waals surface area (Å²) in [6.07, 6.45) is 3.97. The number of hydrogen-bond acceptors (Lipinski definition) is 3. The lowest BCUT2D eigenvalue weighted by Gasteiger charge is -2.04. The maximum absolute atomic E-state index is 4.98. The van der Waals surface area contributed by atoms with Crippen LogP contribution < -0.4 is 5.32 Å². The minimum atomic E-state index is 0.732. The maximum atomic E-state index is 4.98. The average molecular weight is 219 g/mol. The zero-order chi connectivity index (χ0) is 11.4. The van der Waals surface area contributed by atoms with Crippen LogP contribution in [0.5, 0.6) is 0 Å². The first-order valence-corrected chi connectivity index (χ1v) is 5.43. The van der Waals surface area contributed by atoms with E-state index in [-0.39, 0.29) is 0 Å². The summed E-state index contributed by atoms with van der Waals surface area (Å²) in [6.45, 7) is 4.48. The number of hydrogen-bond donors (Lipinski definition) is 1. The van der Waals surface area contributed by atoms with Gasteiger partial charge in [-0.05, 0) is 24.6 Å². The molecule has 4 nitrogen and oxygen atoms in total. The molecular formula is C12H17N3O. The number of methoxy groups -OCH3 is 1. The van der Waals surface area contributed by atoms with Crippen molar-refractivity contribution in [1.29, 1.82) is 0 Å². The van der Waals surface area contributed by atoms with Crippen LogP contribution >= 0.6 is 0 Å². The van der Waals surface area contributed by atoms with Gasteiger partial charge in [0.1, 0.15) is 5.65 Å². The molecule has 2 rings (SSSR count). The first kappa shape index (κ1) is 11.1. The quantitative estimate of drug-likeness (QED) is 0.772. The van der Waals surface area contributed by atoms with Crippen molar-refractivity contribution < 1.29 is 4.74 Å². The molecule has 0 atom stereocenters. The lowest BCUT2D eigenvalue weighted by atomic mass is 10.3. The van der Waals surface area contributed by atoms with Gasteiger partial charge in [-0.2, -0.15) is 0 Å². The van der Waals surface area contributed by atoms with E-state index >= 15 is 0 Å². The molecule has 2 aromatic heterocycles. The Balaban J connectivity index is 2.07. The van der Waals surface area contributed by atoms with Gasteiger partial charge in [-0.3, -0.25) is 0 Å². The summed E-state index contributed by atoms with van der Waals surface area (Å²) in [5.41, 5.74) is 3.41. The van der Waals surface area contributed by atoms with Crippen molar-refractivity contribution >= 4 is 5.65 Å². The Morgan fingerprint density at radius 1 is 1.50 bits per heavy atom. The highest BCUT2D eigenvalue weighted by molar-refractivity contribution is 5.42. The fraction of sp³-hybridized carbons (Fsp3) is 0.417. The summed E-state index contributed by atoms with van der Waals surface area (Å²) in [7, 11) is 1.71. The fourth-order valence-corrected chi connectivity index (χ4v) is 1.66. The monoisotopic (exact) mass is 219 g/mol. The highest BCUT2D eigenvalue weighted by Gasteiger charge is 2.01. The van der Waals surface area contributed by atoms with Crippen LogP contribution in [0.25, 0.3) is 5.65 Å². The Morgan fingerprint density at radius 3 is 3.19 bits per heavy atom. The predicted molar refractivity (Wildman–Crippen MR) is 63.5 cm³/mol. The lowest BCUT2D eigenvalue weighted by Crippen LogP contribution is -2.19. The Kier molecular flexibility index (Phi) is 3.54. The number of imidazole rings is 1. The zero-order valence-corrected chi connectivity index (χ0v) is 9.73. The molecule has 86 valence electrons. The van der Waals surface area contributed by atoms with Crippen molar-refractivity contribution in [3.63, 3.8) is 0 Å². The van der Waals surface area contributed by atoms with Crippen molar-refractivity contribution in [2.45, 2.75) is 13.5 Å². The maximum Gasteiger partial charge on any atom is 0.137 e. The standard InChI is InChI=1S/C12H17N3O/c1-10-3-5-15-11(8-13-4-6-16-2)9-14-12(15)7-10/h3,5,7,9,13H,4,6,8H2,1-2H3. The number of fused-ring (bicyclic) bond motifs is 1. The molecule has 0 spiro atoms. The van der Waals surface area contributed by atoms with E-state index in [1.165, 1.54) is 11.3 Å². The van der Waals surface area contributed by atoms with Gasteiger partial charge in [-0.25, -0.2) is 4.98 Å². The molecule has 0 aromatic carbocycles. The Morgan fingerprint density at radius 2 is 2.38 bits per heavy atom. The van der Waals surface area contributed by atoms with Crippen LogP contribution in [0.15, 0.2) is 24.5 Å². The second-order valence-electron chi connectivity index (χ2n) is 3.85. The van der Waals surface area contributed by atoms with E-state index in [2.05, 4.69) is 40.0 Å². The summed E-state index contributed by atoms with van der Waals surface area (Å²) >= 11 is 0. The van der Waals surface area contributed by atoms with Crippen molar-refractivity contribution in [2.24, 2.45) is 0 Å². The van der Waals surface area contributed by atoms with Gasteiger partial charge in [0.25, 0.3) is 0 Å². The average Bonchev–Trinajstić information content (AvgIpc) is 2.67. The van der Waals surface area contributed by atoms with Gasteiger partial charge in [0.15, 0.2) is 0 Å². The van der Waals surface area contributed by atoms with Gasteiger partial charge in [0, 0.05) is 26.4 Å². The number of aryl methyl sites for hydroxylation is 1. The van der Waals surface area contributed by atoms with Crippen molar-refractivity contribution in [3.05, 3.63) is 35.8 Å². The number of nitrogens with zero attached hydrogens (tertiary/aromatic N) is 2. The largest absolute Gasteiger partial charge is 0.383 e. The lowest BCUT2D eigenvalue weighted by molar-refractivity contribution is 0.199. The van der Waals surface area contributed by atoms with Gasteiger partial charge in [0.05, 0.1) is 18.5 Å². The molecule has 2 heterocycles. The minimum absolute atomic E-state index is 0.732. The summed E-state index contributed by atoms with van der Waals surface area (Å²) in [5.74, 6) is 0. The number of pyridine rings is 1. The van der Waals surface area contributed by atoms with Crippen LogP contribution in [-0.2, 0) is 11.3 Å². The molecule has 1 N–H and O–H groups in total. The molecule has 0 bridgehead atoms. The summed E-state index contributed by atoms with van der Waals surface area (Å²) < 4.78 is 7.08. The van der Waals surface area contributed by atoms with Crippen LogP contribution in [0, 0.1) is 6.92 Å². The second-order valence-corrected chi connectivity index (χ2v) is 3.85. The van der Waals surface area contributed by atoms with E-state index < -0.39 is 0 Å². The van der Waals surface area contributed by atoms with E-state index in [0.29, 0.717) is 0 Å². The fourth-order valence-electron chi connectivity index (χ4n) is 1.66. The third-order valence-corrected chi connectivity index (χ3v) is 2.53. The Hall–Kier alpha value is -1.39. The first-order chi connectivity index (χ1) is 7.81. The highest BCUT2D eigenvalue weighted by atomic mass is 16.5. The summed E-state index contributed by atoms with van der Waals surface area (Å²) in [4.78, 5) is 4.37. The van der Waals surface area contributed by atoms with Crippen LogP contribution in [0.3, 0.4) is 0 Å². The van der Waals surface area contributed by atoms with Crippen molar-refractivity contribution in [3.8, 4) is 0 Å². The molecule has 0 aliphatic heterocycles. The van der Waals surface area contributed by atoms with Gasteiger partial charge in [-0.15, -0.1) is 0 Å². The normalized spacial score (nSPS) is 11.1. The zero-order valence-electron chi connectivity index (χ0n) is 9.73. The number of nitrogens with one attached hydrogen (secondary N) is 1. The van der Waals surface area contributed by atoms with Gasteiger partial charge < -0.3 is 14.5 Å². The third kappa shape index (κ3) is 2.40. The van der Waals surface area contributed by atoms with Crippen molar-refractivity contribution in [2.75, 3.05) is 20.3 Å². The molecule has 16 heavy (non-hydrogen) atoms. The van der Waals surface area contributed by atoms with Crippen LogP contribution in [0.1, 0.15) is 11.3 Å². The van der Waals surface area contributed by atoms with E-state index in [9.17, 15) is 0 Å². The van der Waals surface area contributed by atoms with E-state index in [1.807, 2.05) is 6.20 Å².